The number of ketones is 1. The lowest BCUT2D eigenvalue weighted by Gasteiger charge is -2.17. The lowest BCUT2D eigenvalue weighted by Crippen LogP contribution is -2.12. The zero-order chi connectivity index (χ0) is 23.9. The number of nitrogens with one attached hydrogen (secondary N) is 1. The van der Waals surface area contributed by atoms with Crippen molar-refractivity contribution in [3.8, 4) is 17.2 Å². The minimum Gasteiger partial charge on any atom is -0.493 e. The van der Waals surface area contributed by atoms with E-state index in [2.05, 4.69) is 4.72 Å². The summed E-state index contributed by atoms with van der Waals surface area (Å²) in [6.45, 7) is 0. The van der Waals surface area contributed by atoms with Crippen LogP contribution in [0, 0.1) is 0 Å². The maximum Gasteiger partial charge on any atom is 0.271 e. The van der Waals surface area contributed by atoms with Gasteiger partial charge in [0.25, 0.3) is 10.0 Å². The van der Waals surface area contributed by atoms with E-state index in [9.17, 15) is 13.2 Å². The highest BCUT2D eigenvalue weighted by molar-refractivity contribution is 7.94. The fourth-order valence-corrected chi connectivity index (χ4v) is 6.33. The summed E-state index contributed by atoms with van der Waals surface area (Å²) >= 11 is 1.16. The summed E-state index contributed by atoms with van der Waals surface area (Å²) < 4.78 is 40.8. The van der Waals surface area contributed by atoms with Crippen molar-refractivity contribution < 1.29 is 22.7 Å². The first-order chi connectivity index (χ1) is 16.4. The summed E-state index contributed by atoms with van der Waals surface area (Å²) in [4.78, 5) is 13.3. The summed E-state index contributed by atoms with van der Waals surface area (Å²) in [6.07, 6.45) is 2.20. The smallest absolute Gasteiger partial charge is 0.271 e. The van der Waals surface area contributed by atoms with E-state index in [1.165, 1.54) is 0 Å². The Morgan fingerprint density at radius 1 is 1.00 bits per heavy atom. The van der Waals surface area contributed by atoms with Gasteiger partial charge in [-0.05, 0) is 47.3 Å². The van der Waals surface area contributed by atoms with Crippen molar-refractivity contribution in [1.29, 1.82) is 0 Å². The van der Waals surface area contributed by atoms with Gasteiger partial charge in [0.05, 0.1) is 19.9 Å². The van der Waals surface area contributed by atoms with Crippen LogP contribution in [0.1, 0.15) is 34.0 Å². The molecule has 9 heteroatoms. The van der Waals surface area contributed by atoms with E-state index >= 15 is 0 Å². The van der Waals surface area contributed by atoms with Crippen LogP contribution in [-0.4, -0.2) is 33.0 Å². The summed E-state index contributed by atoms with van der Waals surface area (Å²) in [6, 6.07) is 17.9. The number of methoxy groups -OCH3 is 2. The molecule has 34 heavy (non-hydrogen) atoms. The van der Waals surface area contributed by atoms with Gasteiger partial charge in [-0.1, -0.05) is 18.2 Å². The van der Waals surface area contributed by atoms with Crippen molar-refractivity contribution in [2.24, 2.45) is 0 Å². The van der Waals surface area contributed by atoms with Crippen LogP contribution in [-0.2, 0) is 10.0 Å². The van der Waals surface area contributed by atoms with Crippen molar-refractivity contribution in [2.45, 2.75) is 16.5 Å². The fourth-order valence-electron chi connectivity index (χ4n) is 4.28. The standard InChI is InChI=1S/C25H22N2O5S2/c1-31-23-14-19-21(15-24(23)32-2)27-11-3-5-20(27)18(13-22(19)28)16-7-9-17(10-8-16)26-34(29,30)25-6-4-12-33-25/h3-12,14-15,18,26H,13H2,1-2H3/t18-/m1/s1. The second-order valence-electron chi connectivity index (χ2n) is 7.87. The Morgan fingerprint density at radius 2 is 1.74 bits per heavy atom. The number of fused-ring (bicyclic) bond motifs is 3. The molecule has 1 aliphatic rings. The minimum atomic E-state index is -3.63. The summed E-state index contributed by atoms with van der Waals surface area (Å²) in [7, 11) is -0.514. The average molecular weight is 495 g/mol. The van der Waals surface area contributed by atoms with Crippen LogP contribution < -0.4 is 14.2 Å². The highest BCUT2D eigenvalue weighted by atomic mass is 32.2. The first kappa shape index (κ1) is 22.2. The summed E-state index contributed by atoms with van der Waals surface area (Å²) in [5.74, 6) is 0.848. The molecule has 0 aliphatic carbocycles. The number of anilines is 1. The Hall–Kier alpha value is -3.56. The minimum absolute atomic E-state index is 0.00729. The number of nitrogens with zero attached hydrogens (tertiary/aromatic N) is 1. The third-order valence-corrected chi connectivity index (χ3v) is 8.69. The third kappa shape index (κ3) is 3.86. The number of Topliss-reactive ketones (excluding diaryl/α,β-unsaturated/α-hetero) is 1. The first-order valence-electron chi connectivity index (χ1n) is 10.5. The number of sulfonamides is 1. The van der Waals surface area contributed by atoms with Crippen LogP contribution in [0.3, 0.4) is 0 Å². The van der Waals surface area contributed by atoms with E-state index in [1.807, 2.05) is 41.1 Å². The predicted octanol–water partition coefficient (Wildman–Crippen LogP) is 5.08. The van der Waals surface area contributed by atoms with Gasteiger partial charge in [0.15, 0.2) is 17.3 Å². The van der Waals surface area contributed by atoms with E-state index in [1.54, 1.807) is 49.9 Å². The number of hydrogen-bond acceptors (Lipinski definition) is 6. The SMILES string of the molecule is COc1cc2c(cc1OC)-n1cccc1[C@@H](c1ccc(NS(=O)(=O)c3cccs3)cc1)CC2=O. The predicted molar refractivity (Wildman–Crippen MR) is 131 cm³/mol. The van der Waals surface area contributed by atoms with E-state index in [0.29, 0.717) is 22.7 Å². The number of aromatic nitrogens is 1. The lowest BCUT2D eigenvalue weighted by atomic mass is 9.90. The topological polar surface area (TPSA) is 86.6 Å². The summed E-state index contributed by atoms with van der Waals surface area (Å²) in [5, 5.41) is 1.72. The lowest BCUT2D eigenvalue weighted by molar-refractivity contribution is 0.0979. The van der Waals surface area contributed by atoms with Crippen LogP contribution in [0.2, 0.25) is 0 Å². The van der Waals surface area contributed by atoms with Gasteiger partial charge >= 0.3 is 0 Å². The monoisotopic (exact) mass is 494 g/mol. The maximum atomic E-state index is 13.3. The molecule has 0 unspecified atom stereocenters. The second-order valence-corrected chi connectivity index (χ2v) is 10.7. The largest absolute Gasteiger partial charge is 0.493 e. The van der Waals surface area contributed by atoms with Crippen LogP contribution in [0.5, 0.6) is 11.5 Å². The van der Waals surface area contributed by atoms with Crippen molar-refractivity contribution >= 4 is 32.8 Å². The first-order valence-corrected chi connectivity index (χ1v) is 12.9. The summed E-state index contributed by atoms with van der Waals surface area (Å²) in [5.41, 5.74) is 3.65. The van der Waals surface area contributed by atoms with Crippen molar-refractivity contribution in [3.63, 3.8) is 0 Å². The van der Waals surface area contributed by atoms with Gasteiger partial charge < -0.3 is 14.0 Å². The van der Waals surface area contributed by atoms with Gasteiger partial charge in [0.1, 0.15) is 4.21 Å². The molecule has 4 aromatic rings. The molecular formula is C25H22N2O5S2. The van der Waals surface area contributed by atoms with Crippen LogP contribution in [0.25, 0.3) is 5.69 Å². The van der Waals surface area contributed by atoms with Gasteiger partial charge in [0.2, 0.25) is 0 Å². The molecule has 0 saturated carbocycles. The second kappa shape index (κ2) is 8.66. The molecule has 1 aliphatic heterocycles. The highest BCUT2D eigenvalue weighted by Crippen LogP contribution is 2.40. The average Bonchev–Trinajstić information content (AvgIpc) is 3.53. The molecule has 5 rings (SSSR count). The number of benzene rings is 2. The molecule has 0 spiro atoms. The number of rotatable bonds is 6. The molecule has 2 aromatic carbocycles. The molecule has 0 bridgehead atoms. The van der Waals surface area contributed by atoms with Crippen LogP contribution >= 0.6 is 11.3 Å². The Kier molecular flexibility index (Phi) is 5.66. The normalized spacial score (nSPS) is 15.2. The highest BCUT2D eigenvalue weighted by Gasteiger charge is 2.30. The molecular weight excluding hydrogens is 472 g/mol. The van der Waals surface area contributed by atoms with Crippen molar-refractivity contribution in [1.82, 2.24) is 4.57 Å². The van der Waals surface area contributed by atoms with Crippen LogP contribution in [0.15, 0.2) is 76.4 Å². The van der Waals surface area contributed by atoms with Crippen molar-refractivity contribution in [3.05, 3.63) is 89.1 Å². The molecule has 3 heterocycles. The van der Waals surface area contributed by atoms with Crippen molar-refractivity contribution in [2.75, 3.05) is 18.9 Å². The quantitative estimate of drug-likeness (QED) is 0.404. The maximum absolute atomic E-state index is 13.3. The molecule has 0 saturated heterocycles. The Morgan fingerprint density at radius 3 is 2.41 bits per heavy atom. The zero-order valence-electron chi connectivity index (χ0n) is 18.5. The number of carbonyl (C=O) groups is 1. The van der Waals surface area contributed by atoms with E-state index in [0.717, 1.165) is 28.3 Å². The molecule has 0 radical (unpaired) electrons. The van der Waals surface area contributed by atoms with Gasteiger partial charge in [-0.2, -0.15) is 0 Å². The number of hydrogen-bond donors (Lipinski definition) is 1. The van der Waals surface area contributed by atoms with Gasteiger partial charge in [0, 0.05) is 41.5 Å². The Labute approximate surface area is 201 Å². The molecule has 2 aromatic heterocycles. The molecule has 1 N–H and O–H groups in total. The van der Waals surface area contributed by atoms with E-state index in [-0.39, 0.29) is 22.3 Å². The number of ether oxygens (including phenoxy) is 2. The molecule has 7 nitrogen and oxygen atoms in total. The molecule has 0 amide bonds. The Bertz CT molecular complexity index is 1460. The van der Waals surface area contributed by atoms with Crippen LogP contribution in [0.4, 0.5) is 5.69 Å². The van der Waals surface area contributed by atoms with E-state index < -0.39 is 10.0 Å². The van der Waals surface area contributed by atoms with Gasteiger partial charge in [-0.3, -0.25) is 9.52 Å². The Balaban J connectivity index is 1.50. The zero-order valence-corrected chi connectivity index (χ0v) is 20.2. The number of thiophene rings is 1. The van der Waals surface area contributed by atoms with E-state index in [4.69, 9.17) is 9.47 Å². The number of carbonyl (C=O) groups excluding carboxylic acids is 1. The fraction of sp³-hybridized carbons (Fsp3) is 0.160. The molecule has 0 fully saturated rings. The third-order valence-electron chi connectivity index (χ3n) is 5.91. The van der Waals surface area contributed by atoms with Gasteiger partial charge in [-0.15, -0.1) is 11.3 Å². The molecule has 174 valence electrons. The molecule has 1 atom stereocenters. The van der Waals surface area contributed by atoms with Gasteiger partial charge in [-0.25, -0.2) is 8.42 Å².